The molecule has 0 aromatic carbocycles. The Morgan fingerprint density at radius 2 is 2.33 bits per heavy atom. The maximum absolute atomic E-state index is 11.9. The summed E-state index contributed by atoms with van der Waals surface area (Å²) in [5, 5.41) is 11.5. The molecule has 1 amide bonds. The van der Waals surface area contributed by atoms with Gasteiger partial charge in [0.2, 0.25) is 0 Å². The molecule has 0 spiro atoms. The summed E-state index contributed by atoms with van der Waals surface area (Å²) < 4.78 is 5.59. The van der Waals surface area contributed by atoms with Gasteiger partial charge in [-0.2, -0.15) is 0 Å². The predicted molar refractivity (Wildman–Crippen MR) is 75.4 cm³/mol. The number of likely N-dealkylation sites (N-methyl/N-ethyl adjacent to an activating group) is 1. The number of ether oxygens (including phenoxy) is 1. The number of aromatic carboxylic acids is 1. The lowest BCUT2D eigenvalue weighted by Gasteiger charge is -2.32. The molecule has 1 aromatic heterocycles. The van der Waals surface area contributed by atoms with Crippen LogP contribution in [0.1, 0.15) is 27.8 Å². The minimum atomic E-state index is -1.07. The largest absolute Gasteiger partial charge is 0.478 e. The van der Waals surface area contributed by atoms with E-state index in [1.807, 2.05) is 0 Å². The lowest BCUT2D eigenvalue weighted by molar-refractivity contribution is -0.0246. The van der Waals surface area contributed by atoms with Crippen LogP contribution in [0.4, 0.5) is 0 Å². The summed E-state index contributed by atoms with van der Waals surface area (Å²) in [7, 11) is 0. The number of morpholine rings is 1. The molecule has 1 unspecified atom stereocenters. The van der Waals surface area contributed by atoms with Crippen molar-refractivity contribution in [2.24, 2.45) is 0 Å². The fourth-order valence-electron chi connectivity index (χ4n) is 2.14. The maximum atomic E-state index is 11.9. The molecule has 7 nitrogen and oxygen atoms in total. The number of amides is 1. The second kappa shape index (κ2) is 7.14. The zero-order valence-corrected chi connectivity index (χ0v) is 11.9. The van der Waals surface area contributed by atoms with E-state index in [4.69, 9.17) is 9.84 Å². The number of pyridine rings is 1. The number of carbonyl (C=O) groups is 2. The molecule has 0 radical (unpaired) electrons. The Kier molecular flexibility index (Phi) is 5.24. The average Bonchev–Trinajstić information content (AvgIpc) is 2.53. The van der Waals surface area contributed by atoms with E-state index in [0.29, 0.717) is 13.2 Å². The van der Waals surface area contributed by atoms with E-state index in [-0.39, 0.29) is 23.3 Å². The van der Waals surface area contributed by atoms with E-state index in [0.717, 1.165) is 19.6 Å². The number of hydrogen-bond donors (Lipinski definition) is 2. The Bertz CT molecular complexity index is 503. The van der Waals surface area contributed by atoms with Crippen LogP contribution in [0.2, 0.25) is 0 Å². The number of nitrogens with one attached hydrogen (secondary N) is 1. The molecule has 1 aliphatic rings. The summed E-state index contributed by atoms with van der Waals surface area (Å²) in [6, 6.07) is 2.76. The predicted octanol–water partition coefficient (Wildman–Crippen LogP) is 0.230. The average molecular weight is 293 g/mol. The molecular weight excluding hydrogens is 274 g/mol. The Morgan fingerprint density at radius 1 is 1.52 bits per heavy atom. The monoisotopic (exact) mass is 293 g/mol. The number of carbonyl (C=O) groups excluding carboxylic acids is 1. The second-order valence-corrected chi connectivity index (χ2v) is 4.83. The summed E-state index contributed by atoms with van der Waals surface area (Å²) in [6.45, 7) is 5.85. The van der Waals surface area contributed by atoms with Crippen LogP contribution in [0.3, 0.4) is 0 Å². The van der Waals surface area contributed by atoms with E-state index in [9.17, 15) is 9.59 Å². The Hall–Kier alpha value is -1.99. The molecule has 2 rings (SSSR count). The normalized spacial score (nSPS) is 19.2. The minimum Gasteiger partial charge on any atom is -0.478 e. The van der Waals surface area contributed by atoms with Gasteiger partial charge in [0.1, 0.15) is 5.69 Å². The Morgan fingerprint density at radius 3 is 2.95 bits per heavy atom. The fourth-order valence-corrected chi connectivity index (χ4v) is 2.14. The van der Waals surface area contributed by atoms with Crippen molar-refractivity contribution in [3.63, 3.8) is 0 Å². The summed E-state index contributed by atoms with van der Waals surface area (Å²) in [5.41, 5.74) is 0.254. The van der Waals surface area contributed by atoms with Gasteiger partial charge in [-0.3, -0.25) is 14.7 Å². The van der Waals surface area contributed by atoms with Gasteiger partial charge in [-0.25, -0.2) is 4.79 Å². The van der Waals surface area contributed by atoms with Gasteiger partial charge in [0.15, 0.2) is 0 Å². The number of hydrogen-bond acceptors (Lipinski definition) is 5. The zero-order chi connectivity index (χ0) is 15.2. The summed E-state index contributed by atoms with van der Waals surface area (Å²) in [4.78, 5) is 28.8. The molecule has 1 saturated heterocycles. The van der Waals surface area contributed by atoms with E-state index in [2.05, 4.69) is 22.1 Å². The van der Waals surface area contributed by atoms with Crippen molar-refractivity contribution in [1.29, 1.82) is 0 Å². The van der Waals surface area contributed by atoms with Crippen molar-refractivity contribution in [3.05, 3.63) is 29.6 Å². The molecule has 0 aliphatic carbocycles. The molecule has 2 N–H and O–H groups in total. The number of nitrogens with zero attached hydrogens (tertiary/aromatic N) is 2. The zero-order valence-electron chi connectivity index (χ0n) is 11.9. The molecule has 0 saturated carbocycles. The first-order valence-corrected chi connectivity index (χ1v) is 6.91. The molecule has 2 heterocycles. The Balaban J connectivity index is 1.85. The summed E-state index contributed by atoms with van der Waals surface area (Å²) in [6.07, 6.45) is 1.15. The van der Waals surface area contributed by atoms with Crippen LogP contribution in [-0.4, -0.2) is 65.8 Å². The molecule has 1 atom stereocenters. The first-order chi connectivity index (χ1) is 10.1. The minimum absolute atomic E-state index is 0.0269. The van der Waals surface area contributed by atoms with Gasteiger partial charge < -0.3 is 15.2 Å². The topological polar surface area (TPSA) is 91.8 Å². The van der Waals surface area contributed by atoms with Crippen molar-refractivity contribution in [3.8, 4) is 0 Å². The summed E-state index contributed by atoms with van der Waals surface area (Å²) >= 11 is 0. The van der Waals surface area contributed by atoms with Crippen molar-refractivity contribution < 1.29 is 19.4 Å². The second-order valence-electron chi connectivity index (χ2n) is 4.83. The van der Waals surface area contributed by atoms with Crippen molar-refractivity contribution in [2.45, 2.75) is 13.0 Å². The number of carboxylic acid groups (broad SMARTS) is 1. The lowest BCUT2D eigenvalue weighted by atomic mass is 10.2. The highest BCUT2D eigenvalue weighted by Gasteiger charge is 2.20. The third kappa shape index (κ3) is 4.24. The molecule has 1 aromatic rings. The van der Waals surface area contributed by atoms with Crippen LogP contribution in [0.15, 0.2) is 18.3 Å². The molecular formula is C14H19N3O4. The van der Waals surface area contributed by atoms with Crippen LogP contribution < -0.4 is 5.32 Å². The highest BCUT2D eigenvalue weighted by Crippen LogP contribution is 2.05. The van der Waals surface area contributed by atoms with Gasteiger partial charge >= 0.3 is 5.97 Å². The highest BCUT2D eigenvalue weighted by atomic mass is 16.5. The van der Waals surface area contributed by atoms with E-state index >= 15 is 0 Å². The molecule has 1 fully saturated rings. The van der Waals surface area contributed by atoms with Gasteiger partial charge in [-0.1, -0.05) is 6.92 Å². The molecule has 114 valence electrons. The van der Waals surface area contributed by atoms with Crippen LogP contribution in [0.5, 0.6) is 0 Å². The molecule has 7 heteroatoms. The van der Waals surface area contributed by atoms with Crippen molar-refractivity contribution in [1.82, 2.24) is 15.2 Å². The first-order valence-electron chi connectivity index (χ1n) is 6.91. The van der Waals surface area contributed by atoms with E-state index < -0.39 is 5.97 Å². The summed E-state index contributed by atoms with van der Waals surface area (Å²) in [5.74, 6) is -1.39. The standard InChI is InChI=1S/C14H19N3O4/c1-2-17-5-6-21-11(9-17)8-16-13(18)12-4-3-10(7-15-12)14(19)20/h3-4,7,11H,2,5-6,8-9H2,1H3,(H,16,18)(H,19,20). The fraction of sp³-hybridized carbons (Fsp3) is 0.500. The SMILES string of the molecule is CCN1CCOC(CNC(=O)c2ccc(C(=O)O)cn2)C1. The smallest absolute Gasteiger partial charge is 0.337 e. The number of rotatable bonds is 5. The quantitative estimate of drug-likeness (QED) is 0.807. The third-order valence-electron chi connectivity index (χ3n) is 3.40. The van der Waals surface area contributed by atoms with Crippen LogP contribution in [-0.2, 0) is 4.74 Å². The maximum Gasteiger partial charge on any atom is 0.337 e. The van der Waals surface area contributed by atoms with Crippen LogP contribution in [0, 0.1) is 0 Å². The molecule has 1 aliphatic heterocycles. The van der Waals surface area contributed by atoms with Crippen LogP contribution in [0.25, 0.3) is 0 Å². The van der Waals surface area contributed by atoms with Crippen molar-refractivity contribution >= 4 is 11.9 Å². The highest BCUT2D eigenvalue weighted by molar-refractivity contribution is 5.93. The van der Waals surface area contributed by atoms with Gasteiger partial charge in [0, 0.05) is 25.8 Å². The Labute approximate surface area is 122 Å². The van der Waals surface area contributed by atoms with E-state index in [1.165, 1.54) is 18.3 Å². The molecule has 21 heavy (non-hydrogen) atoms. The van der Waals surface area contributed by atoms with Gasteiger partial charge in [-0.05, 0) is 18.7 Å². The van der Waals surface area contributed by atoms with Crippen LogP contribution >= 0.6 is 0 Å². The molecule has 0 bridgehead atoms. The third-order valence-corrected chi connectivity index (χ3v) is 3.40. The number of aromatic nitrogens is 1. The van der Waals surface area contributed by atoms with Gasteiger partial charge in [0.25, 0.3) is 5.91 Å². The number of carboxylic acids is 1. The lowest BCUT2D eigenvalue weighted by Crippen LogP contribution is -2.47. The van der Waals surface area contributed by atoms with Gasteiger partial charge in [0.05, 0.1) is 18.3 Å². The van der Waals surface area contributed by atoms with E-state index in [1.54, 1.807) is 0 Å². The van der Waals surface area contributed by atoms with Crippen molar-refractivity contribution in [2.75, 3.05) is 32.8 Å². The van der Waals surface area contributed by atoms with Gasteiger partial charge in [-0.15, -0.1) is 0 Å². The first kappa shape index (κ1) is 15.4.